The van der Waals surface area contributed by atoms with E-state index in [0.717, 1.165) is 27.0 Å². The largest absolute Gasteiger partial charge is 0.493 e. The standard InChI is InChI=1S/C26H24BrN3O3/c1-32-23-12-6-7-13-24(23)33-15-14-29-22-11-5-3-9-20(22)28-26(29)18-16-25(31)30(17-18)21-10-4-2-8-19(21)27/h2-13,18H,14-17H2,1H3. The van der Waals surface area contributed by atoms with Gasteiger partial charge in [-0.05, 0) is 52.3 Å². The van der Waals surface area contributed by atoms with E-state index in [1.54, 1.807) is 7.11 Å². The van der Waals surface area contributed by atoms with Crippen molar-refractivity contribution in [2.45, 2.75) is 18.9 Å². The molecule has 1 atom stereocenters. The van der Waals surface area contributed by atoms with Crippen molar-refractivity contribution in [2.75, 3.05) is 25.2 Å². The van der Waals surface area contributed by atoms with Gasteiger partial charge in [0.15, 0.2) is 11.5 Å². The second-order valence-corrected chi connectivity index (χ2v) is 8.82. The second-order valence-electron chi connectivity index (χ2n) is 7.97. The Labute approximate surface area is 200 Å². The molecule has 2 heterocycles. The van der Waals surface area contributed by atoms with Crippen molar-refractivity contribution in [1.82, 2.24) is 9.55 Å². The van der Waals surface area contributed by atoms with Crippen LogP contribution in [0, 0.1) is 0 Å². The number of nitrogens with zero attached hydrogens (tertiary/aromatic N) is 3. The van der Waals surface area contributed by atoms with Crippen molar-refractivity contribution >= 4 is 38.6 Å². The molecule has 1 amide bonds. The van der Waals surface area contributed by atoms with Gasteiger partial charge in [0.05, 0.1) is 30.4 Å². The summed E-state index contributed by atoms with van der Waals surface area (Å²) in [6.45, 7) is 1.67. The predicted molar refractivity (Wildman–Crippen MR) is 132 cm³/mol. The minimum absolute atomic E-state index is 0.00303. The first-order valence-electron chi connectivity index (χ1n) is 10.9. The van der Waals surface area contributed by atoms with E-state index in [0.29, 0.717) is 37.6 Å². The molecule has 4 aromatic rings. The number of anilines is 1. The van der Waals surface area contributed by atoms with Crippen molar-refractivity contribution in [3.63, 3.8) is 0 Å². The Morgan fingerprint density at radius 1 is 1.00 bits per heavy atom. The van der Waals surface area contributed by atoms with Crippen LogP contribution in [0.15, 0.2) is 77.3 Å². The Hall–Kier alpha value is -3.32. The van der Waals surface area contributed by atoms with Crippen molar-refractivity contribution in [1.29, 1.82) is 0 Å². The Balaban J connectivity index is 1.41. The smallest absolute Gasteiger partial charge is 0.227 e. The van der Waals surface area contributed by atoms with Gasteiger partial charge >= 0.3 is 0 Å². The zero-order chi connectivity index (χ0) is 22.8. The van der Waals surface area contributed by atoms with Gasteiger partial charge in [-0.3, -0.25) is 4.79 Å². The summed E-state index contributed by atoms with van der Waals surface area (Å²) >= 11 is 3.58. The first-order valence-corrected chi connectivity index (χ1v) is 11.7. The van der Waals surface area contributed by atoms with Gasteiger partial charge in [0.2, 0.25) is 5.91 Å². The molecule has 0 bridgehead atoms. The van der Waals surface area contributed by atoms with Crippen molar-refractivity contribution in [3.05, 3.63) is 83.1 Å². The van der Waals surface area contributed by atoms with Gasteiger partial charge in [0, 0.05) is 23.4 Å². The number of para-hydroxylation sites is 5. The molecule has 0 spiro atoms. The number of hydrogen-bond acceptors (Lipinski definition) is 4. The molecule has 1 aliphatic rings. The summed E-state index contributed by atoms with van der Waals surface area (Å²) in [7, 11) is 1.64. The molecule has 168 valence electrons. The highest BCUT2D eigenvalue weighted by Crippen LogP contribution is 2.36. The molecule has 1 unspecified atom stereocenters. The first kappa shape index (κ1) is 21.5. The van der Waals surface area contributed by atoms with Gasteiger partial charge < -0.3 is 18.9 Å². The maximum absolute atomic E-state index is 12.9. The lowest BCUT2D eigenvalue weighted by Crippen LogP contribution is -2.25. The van der Waals surface area contributed by atoms with Crippen LogP contribution in [0.25, 0.3) is 11.0 Å². The van der Waals surface area contributed by atoms with Gasteiger partial charge in [-0.25, -0.2) is 4.98 Å². The lowest BCUT2D eigenvalue weighted by atomic mass is 10.1. The van der Waals surface area contributed by atoms with E-state index in [2.05, 4.69) is 26.6 Å². The number of amides is 1. The molecule has 0 N–H and O–H groups in total. The van der Waals surface area contributed by atoms with Crippen molar-refractivity contribution < 1.29 is 14.3 Å². The maximum atomic E-state index is 12.9. The van der Waals surface area contributed by atoms with E-state index in [1.807, 2.05) is 71.6 Å². The van der Waals surface area contributed by atoms with E-state index in [1.165, 1.54) is 0 Å². The molecule has 33 heavy (non-hydrogen) atoms. The fraction of sp³-hybridized carbons (Fsp3) is 0.231. The third kappa shape index (κ3) is 4.20. The zero-order valence-electron chi connectivity index (χ0n) is 18.3. The Morgan fingerprint density at radius 3 is 2.55 bits per heavy atom. The average Bonchev–Trinajstić information content (AvgIpc) is 3.40. The molecule has 6 nitrogen and oxygen atoms in total. The highest BCUT2D eigenvalue weighted by Gasteiger charge is 2.35. The van der Waals surface area contributed by atoms with E-state index in [9.17, 15) is 4.79 Å². The number of benzene rings is 3. The van der Waals surface area contributed by atoms with Crippen LogP contribution in [0.2, 0.25) is 0 Å². The summed E-state index contributed by atoms with van der Waals surface area (Å²) in [5, 5.41) is 0. The summed E-state index contributed by atoms with van der Waals surface area (Å²) in [5.41, 5.74) is 2.87. The van der Waals surface area contributed by atoms with Crippen LogP contribution in [0.4, 0.5) is 5.69 Å². The topological polar surface area (TPSA) is 56.6 Å². The van der Waals surface area contributed by atoms with Crippen LogP contribution in [-0.4, -0.2) is 35.7 Å². The number of imidazole rings is 1. The third-order valence-corrected chi connectivity index (χ3v) is 6.63. The van der Waals surface area contributed by atoms with Gasteiger partial charge in [0.25, 0.3) is 0 Å². The van der Waals surface area contributed by atoms with Crippen molar-refractivity contribution in [2.24, 2.45) is 0 Å². The van der Waals surface area contributed by atoms with E-state index in [-0.39, 0.29) is 11.8 Å². The Kier molecular flexibility index (Phi) is 6.05. The zero-order valence-corrected chi connectivity index (χ0v) is 19.9. The average molecular weight is 506 g/mol. The first-order chi connectivity index (χ1) is 16.2. The van der Waals surface area contributed by atoms with Crippen molar-refractivity contribution in [3.8, 4) is 11.5 Å². The van der Waals surface area contributed by atoms with Gasteiger partial charge in [-0.1, -0.05) is 36.4 Å². The number of ether oxygens (including phenoxy) is 2. The third-order valence-electron chi connectivity index (χ3n) is 5.96. The minimum atomic E-state index is 0.00303. The van der Waals surface area contributed by atoms with E-state index >= 15 is 0 Å². The number of carbonyl (C=O) groups excluding carboxylic acids is 1. The molecule has 0 saturated carbocycles. The van der Waals surface area contributed by atoms with Gasteiger partial charge in [0.1, 0.15) is 12.4 Å². The molecule has 0 aliphatic carbocycles. The summed E-state index contributed by atoms with van der Waals surface area (Å²) in [6.07, 6.45) is 0.429. The number of carbonyl (C=O) groups is 1. The molecule has 1 aromatic heterocycles. The molecular formula is C26H24BrN3O3. The van der Waals surface area contributed by atoms with Crippen LogP contribution in [0.3, 0.4) is 0 Å². The lowest BCUT2D eigenvalue weighted by Gasteiger charge is -2.19. The molecule has 0 radical (unpaired) electrons. The fourth-order valence-corrected chi connectivity index (χ4v) is 4.91. The SMILES string of the molecule is COc1ccccc1OCCn1c(C2CC(=O)N(c3ccccc3Br)C2)nc2ccccc21. The van der Waals surface area contributed by atoms with E-state index < -0.39 is 0 Å². The second kappa shape index (κ2) is 9.27. The fourth-order valence-electron chi connectivity index (χ4n) is 4.41. The van der Waals surface area contributed by atoms with Crippen LogP contribution in [-0.2, 0) is 11.3 Å². The highest BCUT2D eigenvalue weighted by molar-refractivity contribution is 9.10. The monoisotopic (exact) mass is 505 g/mol. The van der Waals surface area contributed by atoms with Gasteiger partial charge in [-0.15, -0.1) is 0 Å². The molecule has 3 aromatic carbocycles. The minimum Gasteiger partial charge on any atom is -0.493 e. The highest BCUT2D eigenvalue weighted by atomic mass is 79.9. The quantitative estimate of drug-likeness (QED) is 0.337. The predicted octanol–water partition coefficient (Wildman–Crippen LogP) is 5.41. The molecule has 7 heteroatoms. The molecule has 1 fully saturated rings. The Morgan fingerprint density at radius 2 is 1.73 bits per heavy atom. The van der Waals surface area contributed by atoms with Gasteiger partial charge in [-0.2, -0.15) is 0 Å². The lowest BCUT2D eigenvalue weighted by molar-refractivity contribution is -0.117. The molecule has 1 aliphatic heterocycles. The summed E-state index contributed by atoms with van der Waals surface area (Å²) in [4.78, 5) is 19.7. The number of fused-ring (bicyclic) bond motifs is 1. The number of hydrogen-bond donors (Lipinski definition) is 0. The summed E-state index contributed by atoms with van der Waals surface area (Å²) < 4.78 is 14.5. The number of aromatic nitrogens is 2. The molecule has 5 rings (SSSR count). The Bertz CT molecular complexity index is 1300. The van der Waals surface area contributed by atoms with Crippen LogP contribution < -0.4 is 14.4 Å². The van der Waals surface area contributed by atoms with Crippen LogP contribution >= 0.6 is 15.9 Å². The molecule has 1 saturated heterocycles. The number of rotatable bonds is 7. The summed E-state index contributed by atoms with van der Waals surface area (Å²) in [6, 6.07) is 23.5. The maximum Gasteiger partial charge on any atom is 0.227 e. The van der Waals surface area contributed by atoms with Crippen LogP contribution in [0.1, 0.15) is 18.2 Å². The molecular weight excluding hydrogens is 482 g/mol. The number of methoxy groups -OCH3 is 1. The van der Waals surface area contributed by atoms with E-state index in [4.69, 9.17) is 14.5 Å². The number of halogens is 1. The summed E-state index contributed by atoms with van der Waals surface area (Å²) in [5.74, 6) is 2.45. The van der Waals surface area contributed by atoms with Crippen LogP contribution in [0.5, 0.6) is 11.5 Å². The normalized spacial score (nSPS) is 15.9.